The Balaban J connectivity index is 1.63. The molecule has 2 heterocycles. The first-order chi connectivity index (χ1) is 12.4. The molecule has 0 radical (unpaired) electrons. The van der Waals surface area contributed by atoms with Crippen molar-refractivity contribution in [3.63, 3.8) is 0 Å². The number of benzene rings is 1. The summed E-state index contributed by atoms with van der Waals surface area (Å²) in [5.74, 6) is 1.41. The quantitative estimate of drug-likeness (QED) is 0.667. The molecule has 6 heteroatoms. The lowest BCUT2D eigenvalue weighted by Gasteiger charge is -2.11. The molecule has 0 spiro atoms. The standard InChI is InChI=1S/C20H23N3O2S/c1-13(2)23-19(9-15(4)22-23)21-20(24)18-10-16(12-26-18)11-25-17-7-5-14(3)6-8-17/h5-10,12-13H,11H2,1-4H3,(H,21,24). The molecule has 1 aromatic carbocycles. The number of thiophene rings is 1. The summed E-state index contributed by atoms with van der Waals surface area (Å²) in [6.07, 6.45) is 0. The Morgan fingerprint density at radius 3 is 2.65 bits per heavy atom. The molecule has 0 saturated heterocycles. The van der Waals surface area contributed by atoms with Gasteiger partial charge >= 0.3 is 0 Å². The normalized spacial score (nSPS) is 11.0. The first kappa shape index (κ1) is 18.2. The number of hydrogen-bond acceptors (Lipinski definition) is 4. The molecule has 2 aromatic heterocycles. The topological polar surface area (TPSA) is 56.1 Å². The third-order valence-electron chi connectivity index (χ3n) is 3.89. The van der Waals surface area contributed by atoms with Crippen molar-refractivity contribution in [3.05, 3.63) is 63.5 Å². The molecule has 26 heavy (non-hydrogen) atoms. The molecule has 0 aliphatic heterocycles. The SMILES string of the molecule is Cc1ccc(OCc2csc(C(=O)Nc3cc(C)nn3C(C)C)c2)cc1. The summed E-state index contributed by atoms with van der Waals surface area (Å²) in [5.41, 5.74) is 3.06. The molecule has 0 saturated carbocycles. The Bertz CT molecular complexity index is 894. The van der Waals surface area contributed by atoms with Gasteiger partial charge in [-0.1, -0.05) is 17.7 Å². The second-order valence-electron chi connectivity index (χ2n) is 6.58. The fraction of sp³-hybridized carbons (Fsp3) is 0.300. The highest BCUT2D eigenvalue weighted by atomic mass is 32.1. The van der Waals surface area contributed by atoms with Gasteiger partial charge in [-0.25, -0.2) is 4.68 Å². The second-order valence-corrected chi connectivity index (χ2v) is 7.50. The van der Waals surface area contributed by atoms with E-state index in [4.69, 9.17) is 4.74 Å². The lowest BCUT2D eigenvalue weighted by Crippen LogP contribution is -2.15. The predicted molar refractivity (Wildman–Crippen MR) is 105 cm³/mol. The minimum absolute atomic E-state index is 0.126. The van der Waals surface area contributed by atoms with E-state index in [9.17, 15) is 4.79 Å². The minimum Gasteiger partial charge on any atom is -0.489 e. The summed E-state index contributed by atoms with van der Waals surface area (Å²) in [4.78, 5) is 13.2. The number of amides is 1. The molecule has 0 atom stereocenters. The molecule has 136 valence electrons. The van der Waals surface area contributed by atoms with Gasteiger partial charge in [-0.05, 0) is 51.3 Å². The predicted octanol–water partition coefficient (Wildman–Crippen LogP) is 4.97. The Kier molecular flexibility index (Phi) is 5.42. The van der Waals surface area contributed by atoms with Crippen molar-refractivity contribution < 1.29 is 9.53 Å². The summed E-state index contributed by atoms with van der Waals surface area (Å²) in [7, 11) is 0. The number of nitrogens with zero attached hydrogens (tertiary/aromatic N) is 2. The molecule has 1 amide bonds. The molecule has 5 nitrogen and oxygen atoms in total. The van der Waals surface area contributed by atoms with Crippen molar-refractivity contribution in [1.82, 2.24) is 9.78 Å². The third-order valence-corrected chi connectivity index (χ3v) is 4.87. The number of hydrogen-bond donors (Lipinski definition) is 1. The lowest BCUT2D eigenvalue weighted by atomic mass is 10.2. The number of aryl methyl sites for hydroxylation is 2. The Morgan fingerprint density at radius 1 is 1.23 bits per heavy atom. The number of nitrogens with one attached hydrogen (secondary N) is 1. The average molecular weight is 369 g/mol. The molecular weight excluding hydrogens is 346 g/mol. The zero-order valence-corrected chi connectivity index (χ0v) is 16.3. The van der Waals surface area contributed by atoms with Crippen molar-refractivity contribution in [2.24, 2.45) is 0 Å². The van der Waals surface area contributed by atoms with Crippen LogP contribution in [0, 0.1) is 13.8 Å². The highest BCUT2D eigenvalue weighted by Gasteiger charge is 2.14. The van der Waals surface area contributed by atoms with Crippen LogP contribution in [0.4, 0.5) is 5.82 Å². The van der Waals surface area contributed by atoms with E-state index < -0.39 is 0 Å². The van der Waals surface area contributed by atoms with Gasteiger partial charge in [-0.15, -0.1) is 11.3 Å². The number of rotatable bonds is 6. The Hall–Kier alpha value is -2.60. The van der Waals surface area contributed by atoms with Gasteiger partial charge in [0.15, 0.2) is 0 Å². The van der Waals surface area contributed by atoms with E-state index >= 15 is 0 Å². The first-order valence-electron chi connectivity index (χ1n) is 8.57. The second kappa shape index (κ2) is 7.74. The van der Waals surface area contributed by atoms with Gasteiger partial charge in [0.05, 0.1) is 10.6 Å². The number of aromatic nitrogens is 2. The number of anilines is 1. The molecule has 3 rings (SSSR count). The van der Waals surface area contributed by atoms with E-state index in [1.54, 1.807) is 0 Å². The van der Waals surface area contributed by atoms with Gasteiger partial charge < -0.3 is 10.1 Å². The molecule has 0 aliphatic rings. The van der Waals surface area contributed by atoms with Crippen LogP contribution in [0.15, 0.2) is 41.8 Å². The Labute approximate surface area is 157 Å². The monoisotopic (exact) mass is 369 g/mol. The summed E-state index contributed by atoms with van der Waals surface area (Å²) in [6.45, 7) is 8.47. The van der Waals surface area contributed by atoms with Crippen LogP contribution in [0.3, 0.4) is 0 Å². The molecule has 0 aliphatic carbocycles. The van der Waals surface area contributed by atoms with E-state index in [0.29, 0.717) is 17.3 Å². The van der Waals surface area contributed by atoms with Crippen LogP contribution < -0.4 is 10.1 Å². The van der Waals surface area contributed by atoms with Gasteiger partial charge in [0.25, 0.3) is 5.91 Å². The van der Waals surface area contributed by atoms with Crippen LogP contribution in [0.2, 0.25) is 0 Å². The molecular formula is C20H23N3O2S. The zero-order chi connectivity index (χ0) is 18.7. The molecule has 3 aromatic rings. The number of ether oxygens (including phenoxy) is 1. The van der Waals surface area contributed by atoms with Gasteiger partial charge in [0.1, 0.15) is 18.2 Å². The van der Waals surface area contributed by atoms with Crippen LogP contribution in [0.25, 0.3) is 0 Å². The van der Waals surface area contributed by atoms with Gasteiger partial charge in [-0.2, -0.15) is 5.10 Å². The Morgan fingerprint density at radius 2 is 1.96 bits per heavy atom. The van der Waals surface area contributed by atoms with Crippen LogP contribution in [0.5, 0.6) is 5.75 Å². The third kappa shape index (κ3) is 4.32. The van der Waals surface area contributed by atoms with Crippen LogP contribution in [-0.2, 0) is 6.61 Å². The smallest absolute Gasteiger partial charge is 0.266 e. The van der Waals surface area contributed by atoms with Gasteiger partial charge in [-0.3, -0.25) is 4.79 Å². The van der Waals surface area contributed by atoms with Crippen molar-refractivity contribution in [1.29, 1.82) is 0 Å². The van der Waals surface area contributed by atoms with E-state index in [-0.39, 0.29) is 11.9 Å². The molecule has 0 unspecified atom stereocenters. The maximum Gasteiger partial charge on any atom is 0.266 e. The van der Waals surface area contributed by atoms with Crippen LogP contribution in [-0.4, -0.2) is 15.7 Å². The van der Waals surface area contributed by atoms with E-state index in [2.05, 4.69) is 10.4 Å². The van der Waals surface area contributed by atoms with E-state index in [0.717, 1.165) is 17.0 Å². The maximum atomic E-state index is 12.5. The largest absolute Gasteiger partial charge is 0.489 e. The van der Waals surface area contributed by atoms with Crippen molar-refractivity contribution in [2.75, 3.05) is 5.32 Å². The van der Waals surface area contributed by atoms with E-state index in [1.807, 2.05) is 74.2 Å². The van der Waals surface area contributed by atoms with Gasteiger partial charge in [0.2, 0.25) is 0 Å². The number of carbonyl (C=O) groups is 1. The summed E-state index contributed by atoms with van der Waals surface area (Å²) < 4.78 is 7.59. The van der Waals surface area contributed by atoms with Crippen LogP contribution in [0.1, 0.15) is 46.4 Å². The minimum atomic E-state index is -0.126. The van der Waals surface area contributed by atoms with E-state index in [1.165, 1.54) is 16.9 Å². The molecule has 1 N–H and O–H groups in total. The zero-order valence-electron chi connectivity index (χ0n) is 15.4. The first-order valence-corrected chi connectivity index (χ1v) is 9.44. The summed E-state index contributed by atoms with van der Waals surface area (Å²) >= 11 is 1.41. The highest BCUT2D eigenvalue weighted by Crippen LogP contribution is 2.21. The fourth-order valence-electron chi connectivity index (χ4n) is 2.55. The highest BCUT2D eigenvalue weighted by molar-refractivity contribution is 7.12. The van der Waals surface area contributed by atoms with Crippen molar-refractivity contribution in [3.8, 4) is 5.75 Å². The molecule has 0 fully saturated rings. The summed E-state index contributed by atoms with van der Waals surface area (Å²) in [6, 6.07) is 11.9. The molecule has 0 bridgehead atoms. The van der Waals surface area contributed by atoms with Crippen molar-refractivity contribution >= 4 is 23.1 Å². The average Bonchev–Trinajstić information content (AvgIpc) is 3.21. The van der Waals surface area contributed by atoms with Crippen LogP contribution >= 0.6 is 11.3 Å². The number of carbonyl (C=O) groups excluding carboxylic acids is 1. The maximum absolute atomic E-state index is 12.5. The lowest BCUT2D eigenvalue weighted by molar-refractivity contribution is 0.102. The van der Waals surface area contributed by atoms with Gasteiger partial charge in [0, 0.05) is 17.7 Å². The summed E-state index contributed by atoms with van der Waals surface area (Å²) in [5, 5.41) is 9.32. The fourth-order valence-corrected chi connectivity index (χ4v) is 3.35. The van der Waals surface area contributed by atoms with Crippen molar-refractivity contribution in [2.45, 2.75) is 40.3 Å².